The second-order valence-electron chi connectivity index (χ2n) is 5.94. The number of nitrogens with one attached hydrogen (secondary N) is 1. The van der Waals surface area contributed by atoms with Gasteiger partial charge in [-0.1, -0.05) is 36.2 Å². The van der Waals surface area contributed by atoms with Crippen molar-refractivity contribution in [3.8, 4) is 5.75 Å². The molecule has 0 aromatic heterocycles. The van der Waals surface area contributed by atoms with Gasteiger partial charge in [0.15, 0.2) is 0 Å². The molecule has 3 rings (SSSR count). The van der Waals surface area contributed by atoms with Crippen molar-refractivity contribution in [1.82, 2.24) is 4.72 Å². The molecule has 0 saturated heterocycles. The van der Waals surface area contributed by atoms with E-state index in [2.05, 4.69) is 4.72 Å². The quantitative estimate of drug-likeness (QED) is 0.871. The predicted octanol–water partition coefficient (Wildman–Crippen LogP) is 4.01. The third kappa shape index (κ3) is 4.29. The molecule has 1 saturated carbocycles. The summed E-state index contributed by atoms with van der Waals surface area (Å²) in [6.07, 6.45) is 3.47. The van der Waals surface area contributed by atoms with Crippen LogP contribution in [0.1, 0.15) is 25.7 Å². The molecule has 2 aromatic carbocycles. The van der Waals surface area contributed by atoms with Crippen LogP contribution in [0.2, 0.25) is 5.02 Å². The first-order valence-electron chi connectivity index (χ1n) is 8.04. The number of hydrogen-bond acceptors (Lipinski definition) is 3. The third-order valence-electron chi connectivity index (χ3n) is 4.16. The summed E-state index contributed by atoms with van der Waals surface area (Å²) in [5.74, 6) is 0.764. The Morgan fingerprint density at radius 2 is 1.62 bits per heavy atom. The number of ether oxygens (including phenoxy) is 1. The average molecular weight is 366 g/mol. The van der Waals surface area contributed by atoms with Gasteiger partial charge < -0.3 is 4.74 Å². The van der Waals surface area contributed by atoms with Gasteiger partial charge in [0.1, 0.15) is 11.9 Å². The van der Waals surface area contributed by atoms with E-state index in [9.17, 15) is 8.42 Å². The number of benzene rings is 2. The smallest absolute Gasteiger partial charge is 0.240 e. The van der Waals surface area contributed by atoms with Gasteiger partial charge in [-0.25, -0.2) is 13.1 Å². The highest BCUT2D eigenvalue weighted by atomic mass is 35.5. The number of hydrogen-bond donors (Lipinski definition) is 1. The summed E-state index contributed by atoms with van der Waals surface area (Å²) in [5, 5.41) is 0.511. The monoisotopic (exact) mass is 365 g/mol. The van der Waals surface area contributed by atoms with E-state index in [1.165, 1.54) is 12.1 Å². The zero-order valence-electron chi connectivity index (χ0n) is 13.2. The van der Waals surface area contributed by atoms with Crippen molar-refractivity contribution in [2.45, 2.75) is 42.7 Å². The Balaban J connectivity index is 1.74. The van der Waals surface area contributed by atoms with Crippen LogP contribution >= 0.6 is 11.6 Å². The van der Waals surface area contributed by atoms with Crippen LogP contribution in [0.15, 0.2) is 59.5 Å². The second-order valence-corrected chi connectivity index (χ2v) is 8.09. The molecule has 0 spiro atoms. The van der Waals surface area contributed by atoms with Crippen molar-refractivity contribution in [3.63, 3.8) is 0 Å². The van der Waals surface area contributed by atoms with Crippen molar-refractivity contribution in [1.29, 1.82) is 0 Å². The Kier molecular flexibility index (Phi) is 5.43. The molecule has 1 fully saturated rings. The normalized spacial score (nSPS) is 21.4. The zero-order chi connectivity index (χ0) is 17.0. The van der Waals surface area contributed by atoms with Crippen molar-refractivity contribution in [2.24, 2.45) is 0 Å². The van der Waals surface area contributed by atoms with Crippen LogP contribution in [0.3, 0.4) is 0 Å². The average Bonchev–Trinajstić information content (AvgIpc) is 2.58. The van der Waals surface area contributed by atoms with Gasteiger partial charge in [0.05, 0.1) is 10.9 Å². The Hall–Kier alpha value is -1.56. The molecule has 0 radical (unpaired) electrons. The fourth-order valence-electron chi connectivity index (χ4n) is 2.93. The number of sulfonamides is 1. The van der Waals surface area contributed by atoms with Crippen LogP contribution in [0.5, 0.6) is 5.75 Å². The summed E-state index contributed by atoms with van der Waals surface area (Å²) in [7, 11) is -3.59. The van der Waals surface area contributed by atoms with Crippen LogP contribution < -0.4 is 9.46 Å². The molecule has 1 aliphatic carbocycles. The lowest BCUT2D eigenvalue weighted by molar-refractivity contribution is 0.125. The Labute approximate surface area is 147 Å². The molecule has 0 aliphatic heterocycles. The first-order valence-corrected chi connectivity index (χ1v) is 9.90. The standard InChI is InChI=1S/C18H20ClNO3S/c19-14-10-12-16(13-11-14)24(21,22)20-17-8-4-5-9-18(17)23-15-6-2-1-3-7-15/h1-3,6-7,10-13,17-18,20H,4-5,8-9H2/t17-,18+/m0/s1. The minimum Gasteiger partial charge on any atom is -0.489 e. The lowest BCUT2D eigenvalue weighted by Crippen LogP contribution is -2.47. The van der Waals surface area contributed by atoms with Gasteiger partial charge in [-0.05, 0) is 55.7 Å². The second kappa shape index (κ2) is 7.55. The molecule has 0 bridgehead atoms. The molecule has 2 atom stereocenters. The van der Waals surface area contributed by atoms with Crippen molar-refractivity contribution in [3.05, 3.63) is 59.6 Å². The van der Waals surface area contributed by atoms with Gasteiger partial charge in [0.2, 0.25) is 10.0 Å². The lowest BCUT2D eigenvalue weighted by Gasteiger charge is -2.32. The molecule has 24 heavy (non-hydrogen) atoms. The van der Waals surface area contributed by atoms with E-state index >= 15 is 0 Å². The molecule has 6 heteroatoms. The molecule has 4 nitrogen and oxygen atoms in total. The summed E-state index contributed by atoms with van der Waals surface area (Å²) in [6, 6.07) is 15.5. The molecule has 2 aromatic rings. The van der Waals surface area contributed by atoms with Crippen molar-refractivity contribution < 1.29 is 13.2 Å². The van der Waals surface area contributed by atoms with E-state index in [0.717, 1.165) is 31.4 Å². The number of halogens is 1. The first kappa shape index (κ1) is 17.3. The van der Waals surface area contributed by atoms with E-state index in [-0.39, 0.29) is 17.0 Å². The highest BCUT2D eigenvalue weighted by Gasteiger charge is 2.31. The maximum atomic E-state index is 12.6. The molecule has 1 N–H and O–H groups in total. The van der Waals surface area contributed by atoms with E-state index < -0.39 is 10.0 Å². The predicted molar refractivity (Wildman–Crippen MR) is 94.9 cm³/mol. The van der Waals surface area contributed by atoms with Crippen LogP contribution in [0.25, 0.3) is 0 Å². The van der Waals surface area contributed by atoms with Gasteiger partial charge in [-0.2, -0.15) is 0 Å². The minimum atomic E-state index is -3.59. The van der Waals surface area contributed by atoms with Crippen molar-refractivity contribution >= 4 is 21.6 Å². The summed E-state index contributed by atoms with van der Waals surface area (Å²) in [4.78, 5) is 0.218. The summed E-state index contributed by atoms with van der Waals surface area (Å²) >= 11 is 5.83. The summed E-state index contributed by atoms with van der Waals surface area (Å²) in [6.45, 7) is 0. The van der Waals surface area contributed by atoms with Gasteiger partial charge in [0, 0.05) is 5.02 Å². The number of para-hydroxylation sites is 1. The maximum absolute atomic E-state index is 12.6. The van der Waals surface area contributed by atoms with E-state index in [4.69, 9.17) is 16.3 Å². The molecule has 0 heterocycles. The molecular formula is C18H20ClNO3S. The SMILES string of the molecule is O=S(=O)(N[C@H]1CCCC[C@H]1Oc1ccccc1)c1ccc(Cl)cc1. The molecule has 0 unspecified atom stereocenters. The summed E-state index contributed by atoms with van der Waals surface area (Å²) in [5.41, 5.74) is 0. The Morgan fingerprint density at radius 1 is 0.958 bits per heavy atom. The lowest BCUT2D eigenvalue weighted by atomic mass is 9.93. The Morgan fingerprint density at radius 3 is 2.33 bits per heavy atom. The van der Waals surface area contributed by atoms with Crippen LogP contribution in [0, 0.1) is 0 Å². The third-order valence-corrected chi connectivity index (χ3v) is 5.92. The van der Waals surface area contributed by atoms with Gasteiger partial charge in [0.25, 0.3) is 0 Å². The van der Waals surface area contributed by atoms with Crippen LogP contribution in [-0.2, 0) is 10.0 Å². The fourth-order valence-corrected chi connectivity index (χ4v) is 4.35. The Bertz CT molecular complexity index is 763. The van der Waals surface area contributed by atoms with Crippen LogP contribution in [-0.4, -0.2) is 20.6 Å². The first-order chi connectivity index (χ1) is 11.5. The highest BCUT2D eigenvalue weighted by Crippen LogP contribution is 2.25. The van der Waals surface area contributed by atoms with Gasteiger partial charge in [-0.15, -0.1) is 0 Å². The van der Waals surface area contributed by atoms with E-state index in [0.29, 0.717) is 5.02 Å². The topological polar surface area (TPSA) is 55.4 Å². The zero-order valence-corrected chi connectivity index (χ0v) is 14.8. The van der Waals surface area contributed by atoms with Crippen molar-refractivity contribution in [2.75, 3.05) is 0 Å². The number of rotatable bonds is 5. The largest absolute Gasteiger partial charge is 0.489 e. The fraction of sp³-hybridized carbons (Fsp3) is 0.333. The van der Waals surface area contributed by atoms with Crippen LogP contribution in [0.4, 0.5) is 0 Å². The minimum absolute atomic E-state index is 0.164. The van der Waals surface area contributed by atoms with Gasteiger partial charge >= 0.3 is 0 Å². The van der Waals surface area contributed by atoms with E-state index in [1.807, 2.05) is 30.3 Å². The van der Waals surface area contributed by atoms with E-state index in [1.54, 1.807) is 12.1 Å². The molecule has 0 amide bonds. The highest BCUT2D eigenvalue weighted by molar-refractivity contribution is 7.89. The maximum Gasteiger partial charge on any atom is 0.240 e. The molecule has 128 valence electrons. The molecular weight excluding hydrogens is 346 g/mol. The summed E-state index contributed by atoms with van der Waals surface area (Å²) < 4.78 is 34.0. The molecule has 1 aliphatic rings. The van der Waals surface area contributed by atoms with Gasteiger partial charge in [-0.3, -0.25) is 0 Å².